The lowest BCUT2D eigenvalue weighted by Gasteiger charge is -2.25. The third-order valence-corrected chi connectivity index (χ3v) is 4.58. The number of hydrogen-bond acceptors (Lipinski definition) is 5. The van der Waals surface area contributed by atoms with Gasteiger partial charge in [0.2, 0.25) is 0 Å². The molecule has 6 nitrogen and oxygen atoms in total. The van der Waals surface area contributed by atoms with E-state index in [1.807, 2.05) is 12.1 Å². The molecular weight excluding hydrogens is 282 g/mol. The molecule has 1 aromatic carbocycles. The Morgan fingerprint density at radius 1 is 1.45 bits per heavy atom. The van der Waals surface area contributed by atoms with Gasteiger partial charge in [0.05, 0.1) is 29.9 Å². The minimum Gasteiger partial charge on any atom is -0.364 e. The summed E-state index contributed by atoms with van der Waals surface area (Å²) in [6, 6.07) is 7.39. The zero-order valence-electron chi connectivity index (χ0n) is 12.2. The second kappa shape index (κ2) is 5.15. The summed E-state index contributed by atoms with van der Waals surface area (Å²) in [5, 5.41) is 14.7. The lowest BCUT2D eigenvalue weighted by Crippen LogP contribution is -2.41. The van der Waals surface area contributed by atoms with E-state index in [1.54, 1.807) is 12.1 Å². The summed E-state index contributed by atoms with van der Waals surface area (Å²) < 4.78 is 7.27. The molecule has 2 saturated heterocycles. The van der Waals surface area contributed by atoms with Crippen LogP contribution in [0.5, 0.6) is 0 Å². The van der Waals surface area contributed by atoms with Gasteiger partial charge in [0.15, 0.2) is 5.79 Å². The predicted molar refractivity (Wildman–Crippen MR) is 81.5 cm³/mol. The highest BCUT2D eigenvalue weighted by atomic mass is 16.6. The number of ether oxygens (including phenoxy) is 1. The number of nitrogens with one attached hydrogen (secondary N) is 1. The minimum atomic E-state index is -1.30. The molecule has 2 aliphatic heterocycles. The molecule has 116 valence electrons. The van der Waals surface area contributed by atoms with Crippen molar-refractivity contribution in [3.05, 3.63) is 40.9 Å². The lowest BCUT2D eigenvalue weighted by molar-refractivity contribution is -0.202. The number of benzene rings is 1. The van der Waals surface area contributed by atoms with Crippen molar-refractivity contribution in [1.29, 1.82) is 0 Å². The zero-order chi connectivity index (χ0) is 15.2. The molecule has 0 bridgehead atoms. The van der Waals surface area contributed by atoms with Gasteiger partial charge >= 0.3 is 0 Å². The maximum atomic E-state index is 12.5. The third kappa shape index (κ3) is 2.33. The first kappa shape index (κ1) is 13.9. The van der Waals surface area contributed by atoms with Crippen LogP contribution >= 0.6 is 0 Å². The van der Waals surface area contributed by atoms with Gasteiger partial charge in [-0.2, -0.15) is 0 Å². The SMILES string of the molecule is O=c1c2ccccc2ncn1CC1(O)C[C@@H]2NCCC[C@@H]2O1. The lowest BCUT2D eigenvalue weighted by atomic mass is 9.99. The molecule has 0 aliphatic carbocycles. The van der Waals surface area contributed by atoms with E-state index >= 15 is 0 Å². The molecule has 1 unspecified atom stereocenters. The summed E-state index contributed by atoms with van der Waals surface area (Å²) in [5.74, 6) is -1.30. The van der Waals surface area contributed by atoms with Gasteiger partial charge in [-0.05, 0) is 31.5 Å². The van der Waals surface area contributed by atoms with Crippen LogP contribution in [0.4, 0.5) is 0 Å². The fourth-order valence-electron chi connectivity index (χ4n) is 3.53. The van der Waals surface area contributed by atoms with Gasteiger partial charge in [-0.25, -0.2) is 4.98 Å². The number of fused-ring (bicyclic) bond motifs is 2. The minimum absolute atomic E-state index is 0.0304. The quantitative estimate of drug-likeness (QED) is 0.851. The molecule has 1 aromatic heterocycles. The summed E-state index contributed by atoms with van der Waals surface area (Å²) in [7, 11) is 0. The summed E-state index contributed by atoms with van der Waals surface area (Å²) in [6.07, 6.45) is 4.01. The first-order chi connectivity index (χ1) is 10.6. The fraction of sp³-hybridized carbons (Fsp3) is 0.500. The fourth-order valence-corrected chi connectivity index (χ4v) is 3.53. The van der Waals surface area contributed by atoms with Crippen LogP contribution < -0.4 is 10.9 Å². The third-order valence-electron chi connectivity index (χ3n) is 4.58. The van der Waals surface area contributed by atoms with Crippen molar-refractivity contribution in [1.82, 2.24) is 14.9 Å². The van der Waals surface area contributed by atoms with Crippen LogP contribution in [-0.2, 0) is 11.3 Å². The summed E-state index contributed by atoms with van der Waals surface area (Å²) in [5.41, 5.74) is 0.517. The molecule has 0 radical (unpaired) electrons. The Morgan fingerprint density at radius 3 is 3.18 bits per heavy atom. The molecule has 2 aromatic rings. The van der Waals surface area contributed by atoms with E-state index < -0.39 is 5.79 Å². The van der Waals surface area contributed by atoms with Crippen molar-refractivity contribution < 1.29 is 9.84 Å². The number of rotatable bonds is 2. The van der Waals surface area contributed by atoms with E-state index in [2.05, 4.69) is 10.3 Å². The van der Waals surface area contributed by atoms with E-state index in [0.29, 0.717) is 17.3 Å². The average Bonchev–Trinajstić information content (AvgIpc) is 2.86. The molecule has 3 heterocycles. The molecule has 2 N–H and O–H groups in total. The highest BCUT2D eigenvalue weighted by Crippen LogP contribution is 2.33. The Kier molecular flexibility index (Phi) is 3.25. The number of nitrogens with zero attached hydrogens (tertiary/aromatic N) is 2. The van der Waals surface area contributed by atoms with E-state index in [9.17, 15) is 9.90 Å². The van der Waals surface area contributed by atoms with Crippen LogP contribution in [0.1, 0.15) is 19.3 Å². The molecule has 2 aliphatic rings. The van der Waals surface area contributed by atoms with Gasteiger partial charge in [0.1, 0.15) is 0 Å². The Hall–Kier alpha value is -1.76. The van der Waals surface area contributed by atoms with Crippen molar-refractivity contribution in [2.24, 2.45) is 0 Å². The van der Waals surface area contributed by atoms with Crippen LogP contribution in [0.15, 0.2) is 35.4 Å². The van der Waals surface area contributed by atoms with Crippen LogP contribution in [0.25, 0.3) is 10.9 Å². The first-order valence-electron chi connectivity index (χ1n) is 7.72. The van der Waals surface area contributed by atoms with Crippen molar-refractivity contribution in [3.63, 3.8) is 0 Å². The van der Waals surface area contributed by atoms with Gasteiger partial charge in [0.25, 0.3) is 5.56 Å². The van der Waals surface area contributed by atoms with Gasteiger partial charge in [-0.15, -0.1) is 0 Å². The predicted octanol–water partition coefficient (Wildman–Crippen LogP) is 0.626. The van der Waals surface area contributed by atoms with Crippen LogP contribution in [0.3, 0.4) is 0 Å². The Labute approximate surface area is 127 Å². The molecule has 2 fully saturated rings. The molecular formula is C16H19N3O3. The molecule has 4 rings (SSSR count). The number of para-hydroxylation sites is 1. The average molecular weight is 301 g/mol. The van der Waals surface area contributed by atoms with E-state index in [1.165, 1.54) is 10.9 Å². The van der Waals surface area contributed by atoms with Crippen molar-refractivity contribution in [2.45, 2.75) is 43.7 Å². The van der Waals surface area contributed by atoms with Crippen molar-refractivity contribution in [3.8, 4) is 0 Å². The topological polar surface area (TPSA) is 76.4 Å². The zero-order valence-corrected chi connectivity index (χ0v) is 12.2. The Bertz CT molecular complexity index is 744. The highest BCUT2D eigenvalue weighted by molar-refractivity contribution is 5.76. The van der Waals surface area contributed by atoms with E-state index in [0.717, 1.165) is 19.4 Å². The second-order valence-electron chi connectivity index (χ2n) is 6.20. The number of piperidine rings is 1. The number of aliphatic hydroxyl groups is 1. The summed E-state index contributed by atoms with van der Waals surface area (Å²) >= 11 is 0. The smallest absolute Gasteiger partial charge is 0.261 e. The molecule has 3 atom stereocenters. The second-order valence-corrected chi connectivity index (χ2v) is 6.20. The van der Waals surface area contributed by atoms with E-state index in [4.69, 9.17) is 4.74 Å². The number of aromatic nitrogens is 2. The van der Waals surface area contributed by atoms with Gasteiger partial charge in [0, 0.05) is 12.5 Å². The van der Waals surface area contributed by atoms with Gasteiger partial charge in [-0.3, -0.25) is 9.36 Å². The maximum Gasteiger partial charge on any atom is 0.261 e. The molecule has 0 amide bonds. The Morgan fingerprint density at radius 2 is 2.32 bits per heavy atom. The molecule has 0 saturated carbocycles. The van der Waals surface area contributed by atoms with Crippen molar-refractivity contribution >= 4 is 10.9 Å². The standard InChI is InChI=1S/C16H19N3O3/c20-15-11-4-1-2-5-12(11)18-10-19(15)9-16(21)8-13-14(22-16)6-3-7-17-13/h1-2,4-5,10,13-14,17,21H,3,6-9H2/t13-,14-,16?/m0/s1. The van der Waals surface area contributed by atoms with Crippen molar-refractivity contribution in [2.75, 3.05) is 6.54 Å². The normalized spacial score (nSPS) is 31.3. The molecule has 22 heavy (non-hydrogen) atoms. The maximum absolute atomic E-state index is 12.5. The largest absolute Gasteiger partial charge is 0.364 e. The highest BCUT2D eigenvalue weighted by Gasteiger charge is 2.46. The Balaban J connectivity index is 1.63. The van der Waals surface area contributed by atoms with Gasteiger partial charge < -0.3 is 15.2 Å². The van der Waals surface area contributed by atoms with Gasteiger partial charge in [-0.1, -0.05) is 12.1 Å². The summed E-state index contributed by atoms with van der Waals surface area (Å²) in [6.45, 7) is 1.07. The van der Waals surface area contributed by atoms with Crippen LogP contribution in [0.2, 0.25) is 0 Å². The molecule has 6 heteroatoms. The van der Waals surface area contributed by atoms with Crippen LogP contribution in [-0.4, -0.2) is 39.1 Å². The molecule has 0 spiro atoms. The summed E-state index contributed by atoms with van der Waals surface area (Å²) in [4.78, 5) is 16.8. The number of hydrogen-bond donors (Lipinski definition) is 2. The van der Waals surface area contributed by atoms with Crippen LogP contribution in [0, 0.1) is 0 Å². The monoisotopic (exact) mass is 301 g/mol. The first-order valence-corrected chi connectivity index (χ1v) is 7.72. The van der Waals surface area contributed by atoms with E-state index in [-0.39, 0.29) is 24.2 Å².